The molecule has 5 heteroatoms. The molecule has 3 heterocycles. The minimum Gasteiger partial charge on any atom is -0.456 e. The molecule has 0 fully saturated rings. The van der Waals surface area contributed by atoms with Crippen LogP contribution in [0.15, 0.2) is 197 Å². The molecule has 0 aliphatic heterocycles. The van der Waals surface area contributed by atoms with E-state index in [1.807, 2.05) is 42.5 Å². The molecule has 0 atom stereocenters. The van der Waals surface area contributed by atoms with E-state index >= 15 is 0 Å². The van der Waals surface area contributed by atoms with Crippen molar-refractivity contribution in [2.45, 2.75) is 0 Å². The number of furan rings is 1. The van der Waals surface area contributed by atoms with E-state index in [-0.39, 0.29) is 0 Å². The van der Waals surface area contributed by atoms with E-state index in [1.165, 1.54) is 21.8 Å². The first-order valence-corrected chi connectivity index (χ1v) is 18.9. The number of para-hydroxylation sites is 3. The lowest BCUT2D eigenvalue weighted by molar-refractivity contribution is 0.623. The van der Waals surface area contributed by atoms with Crippen molar-refractivity contribution < 1.29 is 8.83 Å². The predicted molar refractivity (Wildman–Crippen MR) is 231 cm³/mol. The summed E-state index contributed by atoms with van der Waals surface area (Å²) in [5, 5.41) is 9.02. The monoisotopic (exact) mass is 717 g/mol. The molecule has 0 bridgehead atoms. The Balaban J connectivity index is 1.10. The van der Waals surface area contributed by atoms with Crippen LogP contribution in [0.3, 0.4) is 0 Å². The minimum absolute atomic E-state index is 0.615. The maximum absolute atomic E-state index is 6.61. The van der Waals surface area contributed by atoms with Crippen molar-refractivity contribution in [3.63, 3.8) is 0 Å². The summed E-state index contributed by atoms with van der Waals surface area (Å²) in [5.41, 5.74) is 10.7. The average molecular weight is 718 g/mol. The molecule has 3 aromatic heterocycles. The number of nitrogens with zero attached hydrogens (tertiary/aromatic N) is 3. The summed E-state index contributed by atoms with van der Waals surface area (Å²) in [6, 6.07) is 66.3. The fraction of sp³-hybridized carbons (Fsp3) is 0. The van der Waals surface area contributed by atoms with Crippen molar-refractivity contribution in [1.29, 1.82) is 0 Å². The van der Waals surface area contributed by atoms with E-state index in [9.17, 15) is 0 Å². The molecule has 0 unspecified atom stereocenters. The fourth-order valence-electron chi connectivity index (χ4n) is 8.63. The molecular weight excluding hydrogens is 687 g/mol. The fourth-order valence-corrected chi connectivity index (χ4v) is 8.63. The van der Waals surface area contributed by atoms with Gasteiger partial charge in [-0.05, 0) is 95.0 Å². The molecule has 0 saturated heterocycles. The number of aromatic nitrogens is 2. The summed E-state index contributed by atoms with van der Waals surface area (Å²) in [4.78, 5) is 7.26. The van der Waals surface area contributed by atoms with Crippen molar-refractivity contribution in [3.05, 3.63) is 188 Å². The predicted octanol–water partition coefficient (Wildman–Crippen LogP) is 14.3. The Bertz CT molecular complexity index is 3450. The van der Waals surface area contributed by atoms with Gasteiger partial charge in [-0.3, -0.25) is 0 Å². The summed E-state index contributed by atoms with van der Waals surface area (Å²) in [7, 11) is 0. The molecule has 9 aromatic carbocycles. The summed E-state index contributed by atoms with van der Waals surface area (Å²) < 4.78 is 15.4. The molecule has 0 radical (unpaired) electrons. The van der Waals surface area contributed by atoms with Gasteiger partial charge in [-0.25, -0.2) is 4.98 Å². The van der Waals surface area contributed by atoms with Gasteiger partial charge < -0.3 is 18.3 Å². The number of hydrogen-bond acceptors (Lipinski definition) is 4. The Labute approximate surface area is 320 Å². The topological polar surface area (TPSA) is 47.3 Å². The number of hydrogen-bond donors (Lipinski definition) is 0. The second kappa shape index (κ2) is 11.9. The third-order valence-corrected chi connectivity index (χ3v) is 11.2. The third-order valence-electron chi connectivity index (χ3n) is 11.2. The highest BCUT2D eigenvalue weighted by Gasteiger charge is 2.20. The molecule has 0 amide bonds. The lowest BCUT2D eigenvalue weighted by Gasteiger charge is -2.26. The van der Waals surface area contributed by atoms with Crippen LogP contribution in [0.5, 0.6) is 0 Å². The Morgan fingerprint density at radius 2 is 1.07 bits per heavy atom. The zero-order chi connectivity index (χ0) is 36.7. The van der Waals surface area contributed by atoms with E-state index in [0.29, 0.717) is 5.89 Å². The Hall–Kier alpha value is -7.63. The maximum atomic E-state index is 6.61. The van der Waals surface area contributed by atoms with E-state index in [1.54, 1.807) is 0 Å². The van der Waals surface area contributed by atoms with Gasteiger partial charge in [0.15, 0.2) is 5.58 Å². The first-order chi connectivity index (χ1) is 27.7. The minimum atomic E-state index is 0.615. The Morgan fingerprint density at radius 3 is 1.91 bits per heavy atom. The van der Waals surface area contributed by atoms with Crippen molar-refractivity contribution in [1.82, 2.24) is 9.55 Å². The van der Waals surface area contributed by atoms with E-state index < -0.39 is 0 Å². The highest BCUT2D eigenvalue weighted by Crippen LogP contribution is 2.43. The smallest absolute Gasteiger partial charge is 0.227 e. The Morgan fingerprint density at radius 1 is 0.429 bits per heavy atom. The highest BCUT2D eigenvalue weighted by molar-refractivity contribution is 6.19. The molecule has 12 aromatic rings. The highest BCUT2D eigenvalue weighted by atomic mass is 16.3. The zero-order valence-corrected chi connectivity index (χ0v) is 30.1. The molecule has 0 N–H and O–H groups in total. The molecule has 0 aliphatic rings. The molecule has 0 aliphatic carbocycles. The second-order valence-corrected chi connectivity index (χ2v) is 14.4. The number of fused-ring (bicyclic) bond motifs is 11. The Kier molecular flexibility index (Phi) is 6.56. The van der Waals surface area contributed by atoms with Crippen molar-refractivity contribution in [2.75, 3.05) is 4.90 Å². The van der Waals surface area contributed by atoms with E-state index in [0.717, 1.165) is 82.9 Å². The van der Waals surface area contributed by atoms with Crippen LogP contribution in [0.4, 0.5) is 17.1 Å². The van der Waals surface area contributed by atoms with Gasteiger partial charge in [0, 0.05) is 61.3 Å². The first-order valence-electron chi connectivity index (χ1n) is 18.9. The van der Waals surface area contributed by atoms with Crippen LogP contribution < -0.4 is 4.90 Å². The largest absolute Gasteiger partial charge is 0.456 e. The van der Waals surface area contributed by atoms with Gasteiger partial charge in [-0.1, -0.05) is 103 Å². The molecule has 0 spiro atoms. The first kappa shape index (κ1) is 30.8. The van der Waals surface area contributed by atoms with Crippen molar-refractivity contribution in [3.8, 4) is 17.1 Å². The third kappa shape index (κ3) is 4.64. The number of rotatable bonds is 5. The van der Waals surface area contributed by atoms with Crippen LogP contribution in [-0.4, -0.2) is 9.55 Å². The quantitative estimate of drug-likeness (QED) is 0.166. The van der Waals surface area contributed by atoms with Gasteiger partial charge in [0.2, 0.25) is 5.89 Å². The molecule has 12 rings (SSSR count). The molecule has 262 valence electrons. The van der Waals surface area contributed by atoms with Crippen LogP contribution in [0, 0.1) is 0 Å². The van der Waals surface area contributed by atoms with Crippen molar-refractivity contribution >= 4 is 93.5 Å². The van der Waals surface area contributed by atoms with E-state index in [2.05, 4.69) is 155 Å². The number of oxazole rings is 1. The normalized spacial score (nSPS) is 11.9. The van der Waals surface area contributed by atoms with Gasteiger partial charge in [0.05, 0.1) is 11.0 Å². The van der Waals surface area contributed by atoms with Gasteiger partial charge in [0.25, 0.3) is 0 Å². The van der Waals surface area contributed by atoms with Crippen molar-refractivity contribution in [2.24, 2.45) is 0 Å². The lowest BCUT2D eigenvalue weighted by Crippen LogP contribution is -2.10. The second-order valence-electron chi connectivity index (χ2n) is 14.4. The summed E-state index contributed by atoms with van der Waals surface area (Å²) in [5.74, 6) is 0.615. The van der Waals surface area contributed by atoms with Gasteiger partial charge in [-0.2, -0.15) is 0 Å². The summed E-state index contributed by atoms with van der Waals surface area (Å²) in [6.07, 6.45) is 0. The standard InChI is InChI=1S/C51H31N3O2/c1-2-11-34(12-3-1)51-52-44-28-24-33-22-21-32-23-25-37(30-43(32)49(33)50(44)56-51)53(38-26-27-42-41-17-6-9-20-47(41)55-48(42)31-38)35-13-10-14-36(29-35)54-45-18-7-4-15-39(45)40-16-5-8-19-46(40)54/h1-31H. The number of benzene rings is 9. The van der Waals surface area contributed by atoms with Gasteiger partial charge >= 0.3 is 0 Å². The summed E-state index contributed by atoms with van der Waals surface area (Å²) in [6.45, 7) is 0. The number of anilines is 3. The summed E-state index contributed by atoms with van der Waals surface area (Å²) >= 11 is 0. The van der Waals surface area contributed by atoms with Crippen LogP contribution in [0.25, 0.3) is 93.5 Å². The van der Waals surface area contributed by atoms with Gasteiger partial charge in [-0.15, -0.1) is 0 Å². The van der Waals surface area contributed by atoms with Crippen LogP contribution in [-0.2, 0) is 0 Å². The van der Waals surface area contributed by atoms with Crippen LogP contribution in [0.2, 0.25) is 0 Å². The maximum Gasteiger partial charge on any atom is 0.227 e. The SMILES string of the molecule is c1ccc(-c2nc3ccc4ccc5ccc(N(c6cccc(-n7c8ccccc8c8ccccc87)c6)c6ccc7c(c6)oc6ccccc67)cc5c4c3o2)cc1. The average Bonchev–Trinajstić information content (AvgIpc) is 3.96. The van der Waals surface area contributed by atoms with Crippen LogP contribution >= 0.6 is 0 Å². The zero-order valence-electron chi connectivity index (χ0n) is 30.1. The lowest BCUT2D eigenvalue weighted by atomic mass is 10.00. The van der Waals surface area contributed by atoms with E-state index in [4.69, 9.17) is 13.8 Å². The van der Waals surface area contributed by atoms with Gasteiger partial charge in [0.1, 0.15) is 16.7 Å². The molecule has 0 saturated carbocycles. The van der Waals surface area contributed by atoms with Crippen LogP contribution in [0.1, 0.15) is 0 Å². The molecular formula is C51H31N3O2. The molecule has 56 heavy (non-hydrogen) atoms. The molecule has 5 nitrogen and oxygen atoms in total.